The van der Waals surface area contributed by atoms with E-state index in [2.05, 4.69) is 41.6 Å². The summed E-state index contributed by atoms with van der Waals surface area (Å²) in [7, 11) is 0. The molecule has 1 amide bonds. The Kier molecular flexibility index (Phi) is 8.09. The van der Waals surface area contributed by atoms with Crippen LogP contribution in [-0.2, 0) is 4.79 Å². The van der Waals surface area contributed by atoms with Crippen molar-refractivity contribution in [1.29, 1.82) is 0 Å². The monoisotopic (exact) mass is 440 g/mol. The van der Waals surface area contributed by atoms with Gasteiger partial charge >= 0.3 is 0 Å². The average molecular weight is 441 g/mol. The molecule has 2 unspecified atom stereocenters. The molecule has 3 heterocycles. The molecule has 0 radical (unpaired) electrons. The molecule has 3 fully saturated rings. The van der Waals surface area contributed by atoms with Crippen molar-refractivity contribution in [1.82, 2.24) is 20.9 Å². The molecule has 0 aromatic heterocycles. The van der Waals surface area contributed by atoms with Crippen molar-refractivity contribution in [3.05, 3.63) is 35.9 Å². The van der Waals surface area contributed by atoms with E-state index in [1.165, 1.54) is 19.3 Å². The molecule has 3 N–H and O–H groups in total. The van der Waals surface area contributed by atoms with E-state index in [-0.39, 0.29) is 18.0 Å². The number of carbonyl (C=O) groups is 1. The molecule has 6 heteroatoms. The summed E-state index contributed by atoms with van der Waals surface area (Å²) in [5.41, 5.74) is 3.19. The van der Waals surface area contributed by atoms with Crippen molar-refractivity contribution in [2.75, 3.05) is 39.3 Å². The summed E-state index contributed by atoms with van der Waals surface area (Å²) in [6.45, 7) is 12.1. The molecule has 3 aliphatic heterocycles. The van der Waals surface area contributed by atoms with E-state index in [0.717, 1.165) is 93.5 Å². The van der Waals surface area contributed by atoms with Gasteiger partial charge in [0.25, 0.3) is 0 Å². The van der Waals surface area contributed by atoms with Crippen LogP contribution in [0.4, 0.5) is 0 Å². The van der Waals surface area contributed by atoms with Gasteiger partial charge in [0.1, 0.15) is 5.75 Å². The highest BCUT2D eigenvalue weighted by Crippen LogP contribution is 2.24. The van der Waals surface area contributed by atoms with Crippen LogP contribution in [0.3, 0.4) is 0 Å². The number of likely N-dealkylation sites (tertiary alicyclic amines) is 1. The van der Waals surface area contributed by atoms with Crippen LogP contribution in [0.2, 0.25) is 0 Å². The zero-order valence-electron chi connectivity index (χ0n) is 19.6. The highest BCUT2D eigenvalue weighted by atomic mass is 16.5. The van der Waals surface area contributed by atoms with Gasteiger partial charge in [-0.15, -0.1) is 0 Å². The van der Waals surface area contributed by atoms with E-state index in [4.69, 9.17) is 4.74 Å². The van der Waals surface area contributed by atoms with E-state index in [1.807, 2.05) is 11.0 Å². The predicted molar refractivity (Wildman–Crippen MR) is 130 cm³/mol. The minimum absolute atomic E-state index is 0.0693. The maximum Gasteiger partial charge on any atom is 0.239 e. The van der Waals surface area contributed by atoms with Gasteiger partial charge in [0.2, 0.25) is 5.91 Å². The van der Waals surface area contributed by atoms with Gasteiger partial charge in [0.05, 0.1) is 12.6 Å². The first-order chi connectivity index (χ1) is 15.6. The molecular weight excluding hydrogens is 400 g/mol. The lowest BCUT2D eigenvalue weighted by Crippen LogP contribution is -2.42. The molecule has 1 aromatic carbocycles. The third-order valence-electron chi connectivity index (χ3n) is 7.23. The summed E-state index contributed by atoms with van der Waals surface area (Å²) in [5, 5.41) is 10.4. The standard InChI is InChI=1S/C26H40N4O2/c1-19-16-23(32-15-5-6-21-9-11-27-12-10-21)7-8-24(19)20(2)29-22-17-25(28-18-22)26(31)30-13-3-4-14-30/h7-8,16,21-22,25,27-29H,2-6,9-15,17-18H2,1H3. The molecule has 6 nitrogen and oxygen atoms in total. The molecule has 0 aliphatic carbocycles. The lowest BCUT2D eigenvalue weighted by atomic mass is 9.93. The number of ether oxygens (including phenoxy) is 1. The number of nitrogens with one attached hydrogen (secondary N) is 3. The number of hydrogen-bond donors (Lipinski definition) is 3. The summed E-state index contributed by atoms with van der Waals surface area (Å²) in [6, 6.07) is 6.41. The largest absolute Gasteiger partial charge is 0.494 e. The van der Waals surface area contributed by atoms with Crippen LogP contribution in [0, 0.1) is 12.8 Å². The van der Waals surface area contributed by atoms with E-state index in [9.17, 15) is 4.79 Å². The molecule has 176 valence electrons. The first-order valence-corrected chi connectivity index (χ1v) is 12.5. The molecule has 0 spiro atoms. The fourth-order valence-electron chi connectivity index (χ4n) is 5.31. The Labute approximate surface area is 193 Å². The number of nitrogens with zero attached hydrogens (tertiary/aromatic N) is 1. The van der Waals surface area contributed by atoms with Crippen LogP contribution in [-0.4, -0.2) is 62.2 Å². The Morgan fingerprint density at radius 1 is 1.25 bits per heavy atom. The molecule has 1 aromatic rings. The van der Waals surface area contributed by atoms with Crippen molar-refractivity contribution in [2.24, 2.45) is 5.92 Å². The van der Waals surface area contributed by atoms with E-state index in [1.54, 1.807) is 0 Å². The number of aryl methyl sites for hydroxylation is 1. The van der Waals surface area contributed by atoms with Gasteiger partial charge in [-0.25, -0.2) is 0 Å². The smallest absolute Gasteiger partial charge is 0.239 e. The molecule has 4 rings (SSSR count). The van der Waals surface area contributed by atoms with Gasteiger partial charge < -0.3 is 25.6 Å². The number of carbonyl (C=O) groups excluding carboxylic acids is 1. The lowest BCUT2D eigenvalue weighted by Gasteiger charge is -2.22. The van der Waals surface area contributed by atoms with E-state index in [0.29, 0.717) is 0 Å². The second kappa shape index (κ2) is 11.2. The lowest BCUT2D eigenvalue weighted by molar-refractivity contribution is -0.132. The normalized spacial score (nSPS) is 24.0. The van der Waals surface area contributed by atoms with Crippen molar-refractivity contribution < 1.29 is 9.53 Å². The number of amides is 1. The maximum absolute atomic E-state index is 12.6. The highest BCUT2D eigenvalue weighted by Gasteiger charge is 2.33. The van der Waals surface area contributed by atoms with Crippen molar-refractivity contribution in [3.8, 4) is 5.75 Å². The zero-order valence-corrected chi connectivity index (χ0v) is 19.6. The Bertz CT molecular complexity index is 784. The second-order valence-corrected chi connectivity index (χ2v) is 9.71. The Morgan fingerprint density at radius 2 is 2.03 bits per heavy atom. The molecule has 2 atom stereocenters. The Hall–Kier alpha value is -2.05. The maximum atomic E-state index is 12.6. The van der Waals surface area contributed by atoms with E-state index >= 15 is 0 Å². The SMILES string of the molecule is C=C(NC1CNC(C(=O)N2CCCC2)C1)c1ccc(OCCCC2CCNCC2)cc1C. The highest BCUT2D eigenvalue weighted by molar-refractivity contribution is 5.82. The van der Waals surface area contributed by atoms with Crippen molar-refractivity contribution >= 4 is 11.6 Å². The molecular formula is C26H40N4O2. The van der Waals surface area contributed by atoms with Crippen LogP contribution in [0.1, 0.15) is 56.1 Å². The number of hydrogen-bond acceptors (Lipinski definition) is 5. The third kappa shape index (κ3) is 6.04. The molecule has 0 bridgehead atoms. The first-order valence-electron chi connectivity index (χ1n) is 12.5. The fourth-order valence-corrected chi connectivity index (χ4v) is 5.31. The average Bonchev–Trinajstić information content (AvgIpc) is 3.50. The van der Waals surface area contributed by atoms with Crippen LogP contribution >= 0.6 is 0 Å². The van der Waals surface area contributed by atoms with Crippen LogP contribution in [0.15, 0.2) is 24.8 Å². The minimum Gasteiger partial charge on any atom is -0.494 e. The zero-order chi connectivity index (χ0) is 22.3. The predicted octanol–water partition coefficient (Wildman–Crippen LogP) is 3.07. The van der Waals surface area contributed by atoms with Gasteiger partial charge in [-0.05, 0) is 94.6 Å². The van der Waals surface area contributed by atoms with Crippen LogP contribution in [0.25, 0.3) is 5.70 Å². The number of piperidine rings is 1. The van der Waals surface area contributed by atoms with Gasteiger partial charge in [-0.1, -0.05) is 6.58 Å². The summed E-state index contributed by atoms with van der Waals surface area (Å²) < 4.78 is 6.02. The second-order valence-electron chi connectivity index (χ2n) is 9.71. The minimum atomic E-state index is -0.0693. The number of rotatable bonds is 9. The molecule has 3 aliphatic rings. The quantitative estimate of drug-likeness (QED) is 0.515. The molecule has 0 saturated carbocycles. The number of benzene rings is 1. The molecule has 32 heavy (non-hydrogen) atoms. The van der Waals surface area contributed by atoms with E-state index < -0.39 is 0 Å². The van der Waals surface area contributed by atoms with Crippen molar-refractivity contribution in [2.45, 2.75) is 64.0 Å². The van der Waals surface area contributed by atoms with Gasteiger partial charge in [0, 0.05) is 36.9 Å². The van der Waals surface area contributed by atoms with Gasteiger partial charge in [0.15, 0.2) is 0 Å². The summed E-state index contributed by atoms with van der Waals surface area (Å²) in [4.78, 5) is 14.6. The summed E-state index contributed by atoms with van der Waals surface area (Å²) >= 11 is 0. The Morgan fingerprint density at radius 3 is 2.78 bits per heavy atom. The third-order valence-corrected chi connectivity index (χ3v) is 7.23. The summed E-state index contributed by atoms with van der Waals surface area (Å²) in [6.07, 6.45) is 8.05. The topological polar surface area (TPSA) is 65.6 Å². The van der Waals surface area contributed by atoms with Crippen LogP contribution in [0.5, 0.6) is 5.75 Å². The molecule has 3 saturated heterocycles. The fraction of sp³-hybridized carbons (Fsp3) is 0.654. The first kappa shape index (κ1) is 23.1. The van der Waals surface area contributed by atoms with Crippen LogP contribution < -0.4 is 20.7 Å². The van der Waals surface area contributed by atoms with Crippen molar-refractivity contribution in [3.63, 3.8) is 0 Å². The Balaban J connectivity index is 1.21. The van der Waals surface area contributed by atoms with Gasteiger partial charge in [-0.3, -0.25) is 4.79 Å². The summed E-state index contributed by atoms with van der Waals surface area (Å²) in [5.74, 6) is 2.05. The van der Waals surface area contributed by atoms with Gasteiger partial charge in [-0.2, -0.15) is 0 Å².